The van der Waals surface area contributed by atoms with Crippen molar-refractivity contribution in [1.82, 2.24) is 5.32 Å². The van der Waals surface area contributed by atoms with Crippen LogP contribution in [0.5, 0.6) is 0 Å². The first kappa shape index (κ1) is 13.1. The summed E-state index contributed by atoms with van der Waals surface area (Å²) in [5, 5.41) is 12.8. The molecule has 0 aromatic heterocycles. The second kappa shape index (κ2) is 5.92. The van der Waals surface area contributed by atoms with Crippen molar-refractivity contribution in [3.05, 3.63) is 35.4 Å². The number of nitrogens with one attached hydrogen (secondary N) is 1. The van der Waals surface area contributed by atoms with Gasteiger partial charge in [0.15, 0.2) is 0 Å². The minimum atomic E-state index is -1.10. The van der Waals surface area contributed by atoms with Crippen molar-refractivity contribution in [1.29, 1.82) is 0 Å². The predicted molar refractivity (Wildman–Crippen MR) is 59.1 cm³/mol. The number of aliphatic hydroxyl groups excluding tert-OH is 1. The van der Waals surface area contributed by atoms with Gasteiger partial charge in [0.2, 0.25) is 0 Å². The van der Waals surface area contributed by atoms with Crippen LogP contribution < -0.4 is 5.32 Å². The van der Waals surface area contributed by atoms with Crippen LogP contribution in [0.1, 0.15) is 31.9 Å². The van der Waals surface area contributed by atoms with E-state index in [9.17, 15) is 13.9 Å². The van der Waals surface area contributed by atoms with Gasteiger partial charge in [-0.1, -0.05) is 19.9 Å². The molecule has 0 radical (unpaired) electrons. The zero-order chi connectivity index (χ0) is 12.1. The highest BCUT2D eigenvalue weighted by Gasteiger charge is 2.17. The van der Waals surface area contributed by atoms with E-state index >= 15 is 0 Å². The van der Waals surface area contributed by atoms with Gasteiger partial charge in [-0.25, -0.2) is 8.78 Å². The number of benzene rings is 1. The van der Waals surface area contributed by atoms with Gasteiger partial charge in [-0.05, 0) is 25.1 Å². The molecule has 0 aliphatic heterocycles. The predicted octanol–water partition coefficient (Wildman–Crippen LogP) is 2.39. The Bertz CT molecular complexity index is 322. The van der Waals surface area contributed by atoms with Gasteiger partial charge < -0.3 is 10.4 Å². The average Bonchev–Trinajstić information content (AvgIpc) is 2.16. The largest absolute Gasteiger partial charge is 0.388 e. The Morgan fingerprint density at radius 1 is 1.25 bits per heavy atom. The Labute approximate surface area is 94.3 Å². The second-order valence-electron chi connectivity index (χ2n) is 4.05. The minimum absolute atomic E-state index is 0.243. The summed E-state index contributed by atoms with van der Waals surface area (Å²) in [5.74, 6) is -1.39. The number of rotatable bonds is 5. The van der Waals surface area contributed by atoms with Crippen LogP contribution in [0.4, 0.5) is 8.78 Å². The Morgan fingerprint density at radius 2 is 1.81 bits per heavy atom. The highest BCUT2D eigenvalue weighted by molar-refractivity contribution is 5.21. The number of halogens is 2. The zero-order valence-electron chi connectivity index (χ0n) is 9.50. The topological polar surface area (TPSA) is 32.3 Å². The van der Waals surface area contributed by atoms with E-state index in [4.69, 9.17) is 0 Å². The molecule has 0 saturated heterocycles. The fourth-order valence-electron chi connectivity index (χ4n) is 1.48. The van der Waals surface area contributed by atoms with Gasteiger partial charge in [-0.2, -0.15) is 0 Å². The van der Waals surface area contributed by atoms with Crippen molar-refractivity contribution in [3.63, 3.8) is 0 Å². The summed E-state index contributed by atoms with van der Waals surface area (Å²) in [6.45, 7) is 4.46. The maximum Gasteiger partial charge on any atom is 0.131 e. The van der Waals surface area contributed by atoms with E-state index in [0.29, 0.717) is 6.54 Å². The normalized spacial score (nSPS) is 13.1. The molecule has 16 heavy (non-hydrogen) atoms. The van der Waals surface area contributed by atoms with Gasteiger partial charge in [0.25, 0.3) is 0 Å². The molecule has 1 atom stereocenters. The summed E-state index contributed by atoms with van der Waals surface area (Å²) in [6, 6.07) is 3.88. The van der Waals surface area contributed by atoms with Crippen LogP contribution in [-0.4, -0.2) is 17.7 Å². The van der Waals surface area contributed by atoms with Crippen molar-refractivity contribution < 1.29 is 13.9 Å². The first-order chi connectivity index (χ1) is 7.52. The smallest absolute Gasteiger partial charge is 0.131 e. The maximum atomic E-state index is 13.3. The van der Waals surface area contributed by atoms with Crippen molar-refractivity contribution in [2.24, 2.45) is 0 Å². The third-order valence-corrected chi connectivity index (χ3v) is 2.30. The highest BCUT2D eigenvalue weighted by atomic mass is 19.1. The lowest BCUT2D eigenvalue weighted by Gasteiger charge is -2.14. The molecule has 0 aliphatic carbocycles. The van der Waals surface area contributed by atoms with E-state index in [-0.39, 0.29) is 18.0 Å². The monoisotopic (exact) mass is 229 g/mol. The van der Waals surface area contributed by atoms with E-state index in [0.717, 1.165) is 12.1 Å². The summed E-state index contributed by atoms with van der Waals surface area (Å²) in [6.07, 6.45) is -0.816. The lowest BCUT2D eigenvalue weighted by atomic mass is 10.1. The minimum Gasteiger partial charge on any atom is -0.388 e. The molecule has 0 fully saturated rings. The Hall–Kier alpha value is -1.00. The van der Waals surface area contributed by atoms with Crippen molar-refractivity contribution in [2.75, 3.05) is 6.54 Å². The van der Waals surface area contributed by atoms with Crippen LogP contribution in [-0.2, 0) is 0 Å². The summed E-state index contributed by atoms with van der Waals surface area (Å²) in [7, 11) is 0. The van der Waals surface area contributed by atoms with Gasteiger partial charge in [-0.3, -0.25) is 0 Å². The third kappa shape index (κ3) is 3.54. The van der Waals surface area contributed by atoms with E-state index in [1.165, 1.54) is 6.07 Å². The lowest BCUT2D eigenvalue weighted by Crippen LogP contribution is -2.25. The van der Waals surface area contributed by atoms with Crippen molar-refractivity contribution >= 4 is 0 Å². The Balaban J connectivity index is 2.62. The first-order valence-electron chi connectivity index (χ1n) is 5.37. The van der Waals surface area contributed by atoms with Crippen LogP contribution in [0.2, 0.25) is 0 Å². The summed E-state index contributed by atoms with van der Waals surface area (Å²) < 4.78 is 26.5. The molecule has 0 amide bonds. The summed E-state index contributed by atoms with van der Waals surface area (Å²) in [4.78, 5) is 0. The molecular formula is C12H17F2NO. The maximum absolute atomic E-state index is 13.3. The van der Waals surface area contributed by atoms with E-state index in [2.05, 4.69) is 5.32 Å². The van der Waals surface area contributed by atoms with E-state index in [1.54, 1.807) is 0 Å². The van der Waals surface area contributed by atoms with E-state index < -0.39 is 17.7 Å². The van der Waals surface area contributed by atoms with Crippen LogP contribution in [0.15, 0.2) is 18.2 Å². The van der Waals surface area contributed by atoms with Crippen LogP contribution in [0, 0.1) is 11.6 Å². The summed E-state index contributed by atoms with van der Waals surface area (Å²) in [5.41, 5.74) is -0.243. The molecule has 1 aromatic carbocycles. The Kier molecular flexibility index (Phi) is 4.83. The van der Waals surface area contributed by atoms with Gasteiger partial charge in [0.05, 0.1) is 11.7 Å². The van der Waals surface area contributed by atoms with Crippen LogP contribution in [0.25, 0.3) is 0 Å². The molecule has 0 spiro atoms. The molecule has 2 nitrogen and oxygen atoms in total. The molecule has 4 heteroatoms. The highest BCUT2D eigenvalue weighted by Crippen LogP contribution is 2.22. The van der Waals surface area contributed by atoms with Gasteiger partial charge >= 0.3 is 0 Å². The fourth-order valence-corrected chi connectivity index (χ4v) is 1.48. The molecule has 0 bridgehead atoms. The number of hydrogen-bond acceptors (Lipinski definition) is 2. The molecule has 0 aliphatic rings. The molecular weight excluding hydrogens is 212 g/mol. The molecule has 1 aromatic rings. The van der Waals surface area contributed by atoms with Gasteiger partial charge in [0.1, 0.15) is 11.6 Å². The van der Waals surface area contributed by atoms with Gasteiger partial charge in [0, 0.05) is 6.04 Å². The molecule has 0 heterocycles. The summed E-state index contributed by atoms with van der Waals surface area (Å²) >= 11 is 0. The average molecular weight is 229 g/mol. The van der Waals surface area contributed by atoms with E-state index in [1.807, 2.05) is 13.8 Å². The fraction of sp³-hybridized carbons (Fsp3) is 0.500. The zero-order valence-corrected chi connectivity index (χ0v) is 9.50. The van der Waals surface area contributed by atoms with Crippen molar-refractivity contribution in [2.45, 2.75) is 32.4 Å². The van der Waals surface area contributed by atoms with Crippen LogP contribution in [0.3, 0.4) is 0 Å². The quantitative estimate of drug-likeness (QED) is 0.812. The number of aliphatic hydroxyl groups is 1. The van der Waals surface area contributed by atoms with Crippen molar-refractivity contribution in [3.8, 4) is 0 Å². The molecule has 0 saturated carbocycles. The standard InChI is InChI=1S/C12H17F2NO/c1-8(2)15-7-6-11(16)12-9(13)4-3-5-10(12)14/h3-5,8,11,15-16H,6-7H2,1-2H3. The first-order valence-corrected chi connectivity index (χ1v) is 5.37. The number of hydrogen-bond donors (Lipinski definition) is 2. The SMILES string of the molecule is CC(C)NCCC(O)c1c(F)cccc1F. The molecule has 2 N–H and O–H groups in total. The lowest BCUT2D eigenvalue weighted by molar-refractivity contribution is 0.156. The third-order valence-electron chi connectivity index (χ3n) is 2.30. The van der Waals surface area contributed by atoms with Gasteiger partial charge in [-0.15, -0.1) is 0 Å². The molecule has 90 valence electrons. The second-order valence-corrected chi connectivity index (χ2v) is 4.05. The van der Waals surface area contributed by atoms with Crippen LogP contribution >= 0.6 is 0 Å². The molecule has 1 rings (SSSR count). The molecule has 1 unspecified atom stereocenters. The Morgan fingerprint density at radius 3 is 2.31 bits per heavy atom.